The Morgan fingerprint density at radius 1 is 1.26 bits per heavy atom. The molecule has 3 heterocycles. The summed E-state index contributed by atoms with van der Waals surface area (Å²) in [6, 6.07) is 5.64. The van der Waals surface area contributed by atoms with E-state index in [0.29, 0.717) is 29.4 Å². The number of pyridine rings is 1. The smallest absolute Gasteiger partial charge is 0.152 e. The van der Waals surface area contributed by atoms with E-state index < -0.39 is 0 Å². The minimum atomic E-state index is 0.390. The molecule has 0 saturated heterocycles. The Morgan fingerprint density at radius 2 is 2.13 bits per heavy atom. The number of nitrogens with one attached hydrogen (secondary N) is 1. The van der Waals surface area contributed by atoms with Gasteiger partial charge in [-0.1, -0.05) is 11.6 Å². The van der Waals surface area contributed by atoms with Crippen LogP contribution in [-0.2, 0) is 6.54 Å². The van der Waals surface area contributed by atoms with Gasteiger partial charge in [-0.05, 0) is 18.2 Å². The number of benzene rings is 1. The van der Waals surface area contributed by atoms with Gasteiger partial charge in [-0.15, -0.1) is 0 Å². The number of nitrogens with zero attached hydrogens (tertiary/aromatic N) is 4. The maximum Gasteiger partial charge on any atom is 0.152 e. The lowest BCUT2D eigenvalue weighted by Crippen LogP contribution is -2.09. The van der Waals surface area contributed by atoms with Gasteiger partial charge in [0, 0.05) is 35.3 Å². The van der Waals surface area contributed by atoms with Crippen LogP contribution in [0.1, 0.15) is 0 Å². The van der Waals surface area contributed by atoms with Gasteiger partial charge in [-0.2, -0.15) is 10.2 Å². The number of nitrogens with two attached hydrogens (primary N) is 2. The molecule has 116 valence electrons. The van der Waals surface area contributed by atoms with Crippen molar-refractivity contribution in [3.63, 3.8) is 0 Å². The minimum absolute atomic E-state index is 0.390. The second-order valence-electron chi connectivity index (χ2n) is 5.26. The Bertz CT molecular complexity index is 1000. The number of aromatic amines is 1. The van der Waals surface area contributed by atoms with Crippen molar-refractivity contribution in [1.82, 2.24) is 25.0 Å². The summed E-state index contributed by atoms with van der Waals surface area (Å²) < 4.78 is 1.78. The molecule has 0 bridgehead atoms. The molecule has 7 nitrogen and oxygen atoms in total. The maximum atomic E-state index is 6.45. The summed E-state index contributed by atoms with van der Waals surface area (Å²) in [5, 5.41) is 13.7. The Kier molecular flexibility index (Phi) is 3.17. The summed E-state index contributed by atoms with van der Waals surface area (Å²) in [5.74, 6) is 0.390. The van der Waals surface area contributed by atoms with Crippen molar-refractivity contribution < 1.29 is 0 Å². The topological polar surface area (TPSA) is 111 Å². The fourth-order valence-corrected chi connectivity index (χ4v) is 2.99. The van der Waals surface area contributed by atoms with Crippen molar-refractivity contribution in [1.29, 1.82) is 0 Å². The van der Waals surface area contributed by atoms with E-state index in [0.717, 1.165) is 27.5 Å². The number of hydrogen-bond acceptors (Lipinski definition) is 5. The molecule has 0 spiro atoms. The number of H-pyrrole nitrogens is 1. The average molecular weight is 328 g/mol. The number of hydrogen-bond donors (Lipinski definition) is 3. The van der Waals surface area contributed by atoms with Crippen molar-refractivity contribution in [3.05, 3.63) is 35.6 Å². The molecule has 5 N–H and O–H groups in total. The lowest BCUT2D eigenvalue weighted by molar-refractivity contribution is 0.632. The summed E-state index contributed by atoms with van der Waals surface area (Å²) in [6.45, 7) is 1.12. The Hall–Kier alpha value is -2.64. The summed E-state index contributed by atoms with van der Waals surface area (Å²) in [6.07, 6.45) is 3.60. The standard InChI is InChI=1S/C15H14ClN7/c16-11-5-8-10-7-23(4-2-17)22-14(10)15(18)20-13(8)6-9(11)12-1-3-19-21-12/h1,3,5-7H,2,4,17H2,(H2,18,20)(H,19,21). The zero-order chi connectivity index (χ0) is 16.0. The minimum Gasteiger partial charge on any atom is -0.382 e. The molecule has 1 aromatic carbocycles. The van der Waals surface area contributed by atoms with Crippen LogP contribution < -0.4 is 11.5 Å². The van der Waals surface area contributed by atoms with Crippen LogP contribution in [0.2, 0.25) is 5.02 Å². The summed E-state index contributed by atoms with van der Waals surface area (Å²) in [4.78, 5) is 4.47. The fraction of sp³-hybridized carbons (Fsp3) is 0.133. The monoisotopic (exact) mass is 327 g/mol. The van der Waals surface area contributed by atoms with Crippen molar-refractivity contribution in [3.8, 4) is 11.3 Å². The lowest BCUT2D eigenvalue weighted by Gasteiger charge is -2.06. The second kappa shape index (κ2) is 5.22. The van der Waals surface area contributed by atoms with Crippen LogP contribution in [0.4, 0.5) is 5.82 Å². The molecular formula is C15H14ClN7. The Labute approximate surface area is 136 Å². The van der Waals surface area contributed by atoms with Gasteiger partial charge in [0.1, 0.15) is 5.52 Å². The van der Waals surface area contributed by atoms with Crippen LogP contribution >= 0.6 is 11.6 Å². The van der Waals surface area contributed by atoms with Crippen molar-refractivity contribution in [2.24, 2.45) is 5.73 Å². The van der Waals surface area contributed by atoms with E-state index in [4.69, 9.17) is 23.1 Å². The molecule has 0 fully saturated rings. The third-order valence-electron chi connectivity index (χ3n) is 3.77. The molecule has 0 saturated carbocycles. The van der Waals surface area contributed by atoms with Gasteiger partial charge < -0.3 is 11.5 Å². The van der Waals surface area contributed by atoms with E-state index in [1.54, 1.807) is 10.9 Å². The average Bonchev–Trinajstić information content (AvgIpc) is 3.17. The molecule has 0 unspecified atom stereocenters. The van der Waals surface area contributed by atoms with Gasteiger partial charge in [-0.25, -0.2) is 4.98 Å². The molecule has 0 amide bonds. The van der Waals surface area contributed by atoms with Gasteiger partial charge in [-0.3, -0.25) is 9.78 Å². The lowest BCUT2D eigenvalue weighted by atomic mass is 10.1. The molecule has 0 aliphatic carbocycles. The van der Waals surface area contributed by atoms with Crippen LogP contribution in [0.15, 0.2) is 30.6 Å². The largest absolute Gasteiger partial charge is 0.382 e. The molecule has 3 aromatic heterocycles. The van der Waals surface area contributed by atoms with E-state index in [1.165, 1.54) is 0 Å². The molecule has 0 atom stereocenters. The van der Waals surface area contributed by atoms with Gasteiger partial charge in [0.05, 0.1) is 22.8 Å². The van der Waals surface area contributed by atoms with Gasteiger partial charge in [0.2, 0.25) is 0 Å². The molecular weight excluding hydrogens is 314 g/mol. The number of rotatable bonds is 3. The SMILES string of the molecule is NCCn1cc2c(n1)c(N)nc1cc(-c3ccn[nH]3)c(Cl)cc12. The molecule has 23 heavy (non-hydrogen) atoms. The van der Waals surface area contributed by atoms with E-state index in [9.17, 15) is 0 Å². The number of fused-ring (bicyclic) bond motifs is 3. The number of anilines is 1. The fourth-order valence-electron chi connectivity index (χ4n) is 2.72. The first-order chi connectivity index (χ1) is 11.2. The van der Waals surface area contributed by atoms with Crippen molar-refractivity contribution in [2.75, 3.05) is 12.3 Å². The summed E-state index contributed by atoms with van der Waals surface area (Å²) >= 11 is 6.45. The number of nitrogen functional groups attached to an aromatic ring is 1. The van der Waals surface area contributed by atoms with Crippen LogP contribution in [0.5, 0.6) is 0 Å². The van der Waals surface area contributed by atoms with Gasteiger partial charge >= 0.3 is 0 Å². The third-order valence-corrected chi connectivity index (χ3v) is 4.08. The predicted molar refractivity (Wildman–Crippen MR) is 91.1 cm³/mol. The van der Waals surface area contributed by atoms with Crippen LogP contribution in [-0.4, -0.2) is 31.5 Å². The van der Waals surface area contributed by atoms with Crippen LogP contribution in [0, 0.1) is 0 Å². The highest BCUT2D eigenvalue weighted by molar-refractivity contribution is 6.34. The van der Waals surface area contributed by atoms with Crippen LogP contribution in [0.25, 0.3) is 33.1 Å². The molecule has 4 aromatic rings. The molecule has 0 radical (unpaired) electrons. The van der Waals surface area contributed by atoms with Gasteiger partial charge in [0.25, 0.3) is 0 Å². The molecule has 0 aliphatic rings. The van der Waals surface area contributed by atoms with Crippen molar-refractivity contribution >= 4 is 39.2 Å². The highest BCUT2D eigenvalue weighted by atomic mass is 35.5. The van der Waals surface area contributed by atoms with Gasteiger partial charge in [0.15, 0.2) is 5.82 Å². The Balaban J connectivity index is 2.02. The normalized spacial score (nSPS) is 11.6. The first-order valence-corrected chi connectivity index (χ1v) is 7.51. The zero-order valence-electron chi connectivity index (χ0n) is 12.1. The third kappa shape index (κ3) is 2.21. The van der Waals surface area contributed by atoms with E-state index in [1.807, 2.05) is 24.4 Å². The quantitative estimate of drug-likeness (QED) is 0.534. The first-order valence-electron chi connectivity index (χ1n) is 7.13. The van der Waals surface area contributed by atoms with Crippen molar-refractivity contribution in [2.45, 2.75) is 6.54 Å². The number of halogens is 1. The molecule has 8 heteroatoms. The van der Waals surface area contributed by atoms with E-state index in [2.05, 4.69) is 20.3 Å². The molecule has 4 rings (SSSR count). The zero-order valence-corrected chi connectivity index (χ0v) is 12.9. The first kappa shape index (κ1) is 14.0. The van der Waals surface area contributed by atoms with E-state index >= 15 is 0 Å². The maximum absolute atomic E-state index is 6.45. The van der Waals surface area contributed by atoms with Crippen LogP contribution in [0.3, 0.4) is 0 Å². The second-order valence-corrected chi connectivity index (χ2v) is 5.67. The highest BCUT2D eigenvalue weighted by Crippen LogP contribution is 2.34. The van der Waals surface area contributed by atoms with E-state index in [-0.39, 0.29) is 0 Å². The Morgan fingerprint density at radius 3 is 2.87 bits per heavy atom. The summed E-state index contributed by atoms with van der Waals surface area (Å²) in [5.41, 5.74) is 14.7. The molecule has 0 aliphatic heterocycles. The summed E-state index contributed by atoms with van der Waals surface area (Å²) in [7, 11) is 0. The predicted octanol–water partition coefficient (Wildman–Crippen LogP) is 2.17. The highest BCUT2D eigenvalue weighted by Gasteiger charge is 2.14. The number of aromatic nitrogens is 5.